The van der Waals surface area contributed by atoms with Crippen LogP contribution in [0.3, 0.4) is 0 Å². The zero-order valence-corrected chi connectivity index (χ0v) is 8.99. The average molecular weight is 202 g/mol. The van der Waals surface area contributed by atoms with Gasteiger partial charge in [0.2, 0.25) is 0 Å². The summed E-state index contributed by atoms with van der Waals surface area (Å²) in [6.07, 6.45) is -2.84. The molecular weight excluding hydrogens is 197 g/mol. The molecule has 0 N–H and O–H groups in total. The van der Waals surface area contributed by atoms with E-state index in [2.05, 4.69) is 4.74 Å². The van der Waals surface area contributed by atoms with Crippen molar-refractivity contribution in [3.8, 4) is 0 Å². The summed E-state index contributed by atoms with van der Waals surface area (Å²) < 4.78 is 59.5. The van der Waals surface area contributed by atoms with Gasteiger partial charge in [0.1, 0.15) is 6.61 Å². The van der Waals surface area contributed by atoms with Crippen molar-refractivity contribution in [1.29, 1.82) is 0 Å². The molecular formula is C3H5BF5KO. The molecule has 0 rings (SSSR count). The molecule has 0 spiro atoms. The molecule has 0 aliphatic heterocycles. The number of hydrogen-bond acceptors (Lipinski definition) is 1. The van der Waals surface area contributed by atoms with Crippen molar-refractivity contribution < 1.29 is 77.8 Å². The van der Waals surface area contributed by atoms with Crippen molar-refractivity contribution >= 4 is 6.98 Å². The van der Waals surface area contributed by atoms with E-state index in [1.807, 2.05) is 0 Å². The van der Waals surface area contributed by atoms with Gasteiger partial charge in [-0.1, -0.05) is 0 Å². The number of rotatable bonds is 4. The Morgan fingerprint density at radius 3 is 1.91 bits per heavy atom. The van der Waals surface area contributed by atoms with E-state index in [0.29, 0.717) is 0 Å². The van der Waals surface area contributed by atoms with E-state index in [9.17, 15) is 21.7 Å². The molecule has 0 heterocycles. The molecule has 11 heavy (non-hydrogen) atoms. The summed E-state index contributed by atoms with van der Waals surface area (Å²) in [6, 6.07) is 0. The Morgan fingerprint density at radius 1 is 1.18 bits per heavy atom. The normalized spacial score (nSPS) is 11.5. The number of alkyl halides is 2. The van der Waals surface area contributed by atoms with Crippen LogP contribution in [0.25, 0.3) is 0 Å². The average Bonchev–Trinajstić information content (AvgIpc) is 1.59. The van der Waals surface area contributed by atoms with Gasteiger partial charge in [0, 0.05) is 6.51 Å². The van der Waals surface area contributed by atoms with Crippen molar-refractivity contribution in [2.45, 2.75) is 6.43 Å². The Morgan fingerprint density at radius 2 is 1.64 bits per heavy atom. The summed E-state index contributed by atoms with van der Waals surface area (Å²) in [5.41, 5.74) is 0. The zero-order valence-electron chi connectivity index (χ0n) is 5.87. The third-order valence-corrected chi connectivity index (χ3v) is 0.551. The molecule has 0 unspecified atom stereocenters. The standard InChI is InChI=1S/C3H5BF5O.K/c5-3(6)1-10-2-4(7,8)9;/h3H,1-2H2;/q-1;+1. The zero-order chi connectivity index (χ0) is 8.20. The van der Waals surface area contributed by atoms with Crippen LogP contribution in [0.2, 0.25) is 0 Å². The topological polar surface area (TPSA) is 9.23 Å². The van der Waals surface area contributed by atoms with Gasteiger partial charge >= 0.3 is 58.4 Å². The predicted octanol–water partition coefficient (Wildman–Crippen LogP) is -1.34. The van der Waals surface area contributed by atoms with Crippen LogP contribution in [-0.2, 0) is 4.74 Å². The smallest absolute Gasteiger partial charge is 0.447 e. The molecule has 0 fully saturated rings. The molecule has 8 heteroatoms. The third kappa shape index (κ3) is 14.2. The van der Waals surface area contributed by atoms with Crippen LogP contribution in [0, 0.1) is 0 Å². The van der Waals surface area contributed by atoms with Gasteiger partial charge in [-0.3, -0.25) is 0 Å². The maximum absolute atomic E-state index is 11.2. The first-order chi connectivity index (χ1) is 4.42. The van der Waals surface area contributed by atoms with Crippen molar-refractivity contribution in [2.24, 2.45) is 0 Å². The van der Waals surface area contributed by atoms with Gasteiger partial charge in [0.15, 0.2) is 0 Å². The Balaban J connectivity index is 0. The van der Waals surface area contributed by atoms with Gasteiger partial charge in [-0.2, -0.15) is 0 Å². The summed E-state index contributed by atoms with van der Waals surface area (Å²) in [5.74, 6) is 0. The predicted molar refractivity (Wildman–Crippen MR) is 25.9 cm³/mol. The molecule has 62 valence electrons. The Hall–Kier alpha value is 1.31. The second-order valence-electron chi connectivity index (χ2n) is 1.64. The van der Waals surface area contributed by atoms with Gasteiger partial charge in [0.25, 0.3) is 6.43 Å². The Labute approximate surface area is 103 Å². The van der Waals surface area contributed by atoms with Gasteiger partial charge in [-0.25, -0.2) is 8.78 Å². The SMILES string of the molecule is FC(F)COC[B-](F)(F)F.[K+]. The van der Waals surface area contributed by atoms with E-state index < -0.39 is 26.5 Å². The second-order valence-corrected chi connectivity index (χ2v) is 1.64. The van der Waals surface area contributed by atoms with E-state index in [0.717, 1.165) is 0 Å². The molecule has 0 amide bonds. The third-order valence-electron chi connectivity index (χ3n) is 0.551. The van der Waals surface area contributed by atoms with Crippen LogP contribution >= 0.6 is 0 Å². The molecule has 0 aromatic carbocycles. The summed E-state index contributed by atoms with van der Waals surface area (Å²) in [7, 11) is 0. The van der Waals surface area contributed by atoms with E-state index in [4.69, 9.17) is 0 Å². The monoisotopic (exact) mass is 202 g/mol. The summed E-state index contributed by atoms with van der Waals surface area (Å²) in [6.45, 7) is -7.79. The van der Waals surface area contributed by atoms with Crippen molar-refractivity contribution in [3.63, 3.8) is 0 Å². The molecule has 0 saturated heterocycles. The molecule has 0 atom stereocenters. The second kappa shape index (κ2) is 6.79. The first-order valence-corrected chi connectivity index (χ1v) is 2.48. The van der Waals surface area contributed by atoms with Gasteiger partial charge in [-0.05, 0) is 0 Å². The molecule has 0 aliphatic rings. The van der Waals surface area contributed by atoms with Crippen LogP contribution < -0.4 is 51.4 Å². The fourth-order valence-electron chi connectivity index (χ4n) is 0.291. The van der Waals surface area contributed by atoms with Crippen LogP contribution in [0.4, 0.5) is 21.7 Å². The van der Waals surface area contributed by atoms with Crippen LogP contribution in [0.5, 0.6) is 0 Å². The first-order valence-electron chi connectivity index (χ1n) is 2.48. The largest absolute Gasteiger partial charge is 1.00 e. The number of ether oxygens (including phenoxy) is 1. The minimum Gasteiger partial charge on any atom is -0.447 e. The molecule has 0 aromatic rings. The molecule has 0 saturated carbocycles. The molecule has 0 aromatic heterocycles. The molecule has 0 aliphatic carbocycles. The van der Waals surface area contributed by atoms with Crippen LogP contribution in [0.1, 0.15) is 0 Å². The van der Waals surface area contributed by atoms with E-state index in [1.54, 1.807) is 0 Å². The minimum absolute atomic E-state index is 0. The summed E-state index contributed by atoms with van der Waals surface area (Å²) >= 11 is 0. The summed E-state index contributed by atoms with van der Waals surface area (Å²) in [4.78, 5) is 0. The molecule has 0 bridgehead atoms. The molecule has 1 nitrogen and oxygen atoms in total. The van der Waals surface area contributed by atoms with Crippen molar-refractivity contribution in [1.82, 2.24) is 0 Å². The van der Waals surface area contributed by atoms with Gasteiger partial charge < -0.3 is 17.7 Å². The Bertz CT molecular complexity index is 96.2. The summed E-state index contributed by atoms with van der Waals surface area (Å²) in [5, 5.41) is 0. The van der Waals surface area contributed by atoms with Gasteiger partial charge in [0.05, 0.1) is 0 Å². The minimum atomic E-state index is -5.09. The quantitative estimate of drug-likeness (QED) is 0.405. The van der Waals surface area contributed by atoms with E-state index >= 15 is 0 Å². The molecule has 0 radical (unpaired) electrons. The number of hydrogen-bond donors (Lipinski definition) is 0. The maximum atomic E-state index is 11.2. The first kappa shape index (κ1) is 14.8. The van der Waals surface area contributed by atoms with Crippen LogP contribution in [-0.4, -0.2) is 26.5 Å². The van der Waals surface area contributed by atoms with E-state index in [-0.39, 0.29) is 51.4 Å². The van der Waals surface area contributed by atoms with E-state index in [1.165, 1.54) is 0 Å². The fraction of sp³-hybridized carbons (Fsp3) is 1.00. The van der Waals surface area contributed by atoms with Gasteiger partial charge in [-0.15, -0.1) is 0 Å². The van der Waals surface area contributed by atoms with Crippen molar-refractivity contribution in [2.75, 3.05) is 13.1 Å². The van der Waals surface area contributed by atoms with Crippen molar-refractivity contribution in [3.05, 3.63) is 0 Å². The Kier molecular flexibility index (Phi) is 9.14. The fourth-order valence-corrected chi connectivity index (χ4v) is 0.291. The maximum Gasteiger partial charge on any atom is 1.00 e. The van der Waals surface area contributed by atoms with Crippen LogP contribution in [0.15, 0.2) is 0 Å². The number of halogens is 5.